The van der Waals surface area contributed by atoms with Gasteiger partial charge in [-0.3, -0.25) is 4.90 Å². The molecule has 8 heteroatoms. The lowest BCUT2D eigenvalue weighted by Gasteiger charge is -2.27. The van der Waals surface area contributed by atoms with Crippen LogP contribution in [0.4, 0.5) is 4.79 Å². The Balaban J connectivity index is 1.64. The van der Waals surface area contributed by atoms with Crippen LogP contribution in [0, 0.1) is 0 Å². The van der Waals surface area contributed by atoms with E-state index >= 15 is 0 Å². The highest BCUT2D eigenvalue weighted by Gasteiger charge is 2.36. The minimum atomic E-state index is -0.529. The number of aromatic nitrogens is 2. The molecule has 0 saturated carbocycles. The number of amides is 1. The lowest BCUT2D eigenvalue weighted by Crippen LogP contribution is -2.36. The van der Waals surface area contributed by atoms with E-state index in [4.69, 9.17) is 19.2 Å². The number of halogens is 1. The smallest absolute Gasteiger partial charge is 0.410 e. The third-order valence-corrected chi connectivity index (χ3v) is 5.71. The van der Waals surface area contributed by atoms with Crippen molar-refractivity contribution >= 4 is 22.0 Å². The van der Waals surface area contributed by atoms with Gasteiger partial charge in [-0.15, -0.1) is 0 Å². The molecule has 2 saturated heterocycles. The number of likely N-dealkylation sites (tertiary alicyclic amines) is 1. The zero-order chi connectivity index (χ0) is 21.3. The van der Waals surface area contributed by atoms with E-state index < -0.39 is 5.60 Å². The Morgan fingerprint density at radius 3 is 2.63 bits per heavy atom. The van der Waals surface area contributed by atoms with Crippen LogP contribution in [-0.2, 0) is 20.6 Å². The first-order valence-electron chi connectivity index (χ1n) is 10.4. The summed E-state index contributed by atoms with van der Waals surface area (Å²) in [5.41, 5.74) is 2.33. The standard InChI is InChI=1S/C22H28BrN3O4/c1-22(2,3)30-21(27)26-10-4-5-17(26)20-24-16(13-18-28-11-12-29-18)19(25-20)14-6-8-15(23)9-7-14/h6-9,17-18H,4-5,10-13H2,1-3H3,(H,24,25)/t17-/m0/s1. The highest BCUT2D eigenvalue weighted by atomic mass is 79.9. The van der Waals surface area contributed by atoms with Gasteiger partial charge >= 0.3 is 6.09 Å². The van der Waals surface area contributed by atoms with Crippen LogP contribution >= 0.6 is 15.9 Å². The number of H-pyrrole nitrogens is 1. The van der Waals surface area contributed by atoms with Gasteiger partial charge in [0, 0.05) is 17.4 Å². The van der Waals surface area contributed by atoms with E-state index in [1.807, 2.05) is 45.0 Å². The molecule has 2 aromatic rings. The monoisotopic (exact) mass is 477 g/mol. The molecule has 1 atom stereocenters. The van der Waals surface area contributed by atoms with Crippen molar-refractivity contribution in [1.82, 2.24) is 14.9 Å². The molecule has 1 amide bonds. The summed E-state index contributed by atoms with van der Waals surface area (Å²) in [4.78, 5) is 22.9. The maximum atomic E-state index is 12.7. The zero-order valence-electron chi connectivity index (χ0n) is 17.6. The molecule has 4 rings (SSSR count). The number of ether oxygens (including phenoxy) is 3. The Morgan fingerprint density at radius 1 is 1.27 bits per heavy atom. The lowest BCUT2D eigenvalue weighted by atomic mass is 10.1. The van der Waals surface area contributed by atoms with E-state index in [-0.39, 0.29) is 18.4 Å². The van der Waals surface area contributed by atoms with Crippen LogP contribution < -0.4 is 0 Å². The Morgan fingerprint density at radius 2 is 1.97 bits per heavy atom. The SMILES string of the molecule is CC(C)(C)OC(=O)N1CCC[C@H]1c1nc(CC2OCCO2)c(-c2ccc(Br)cc2)[nH]1. The van der Waals surface area contributed by atoms with E-state index in [9.17, 15) is 4.79 Å². The van der Waals surface area contributed by atoms with E-state index in [1.165, 1.54) is 0 Å². The lowest BCUT2D eigenvalue weighted by molar-refractivity contribution is -0.0405. The second-order valence-electron chi connectivity index (χ2n) is 8.66. The van der Waals surface area contributed by atoms with Crippen LogP contribution in [-0.4, -0.2) is 52.6 Å². The molecule has 0 spiro atoms. The van der Waals surface area contributed by atoms with Crippen LogP contribution in [0.3, 0.4) is 0 Å². The van der Waals surface area contributed by atoms with Gasteiger partial charge in [0.15, 0.2) is 6.29 Å². The van der Waals surface area contributed by atoms with Crippen molar-refractivity contribution in [3.05, 3.63) is 40.3 Å². The van der Waals surface area contributed by atoms with Gasteiger partial charge in [-0.05, 0) is 51.3 Å². The number of carbonyl (C=O) groups excluding carboxylic acids is 1. The maximum Gasteiger partial charge on any atom is 0.410 e. The van der Waals surface area contributed by atoms with Crippen molar-refractivity contribution in [1.29, 1.82) is 0 Å². The predicted molar refractivity (Wildman–Crippen MR) is 116 cm³/mol. The molecule has 3 heterocycles. The summed E-state index contributed by atoms with van der Waals surface area (Å²) in [5, 5.41) is 0. The van der Waals surface area contributed by atoms with Crippen molar-refractivity contribution in [2.45, 2.75) is 58.0 Å². The van der Waals surface area contributed by atoms with Gasteiger partial charge in [0.1, 0.15) is 11.4 Å². The van der Waals surface area contributed by atoms with Gasteiger partial charge in [-0.1, -0.05) is 28.1 Å². The Labute approximate surface area is 185 Å². The van der Waals surface area contributed by atoms with Crippen LogP contribution in [0.5, 0.6) is 0 Å². The summed E-state index contributed by atoms with van der Waals surface area (Å²) in [5.74, 6) is 0.782. The molecule has 162 valence electrons. The summed E-state index contributed by atoms with van der Waals surface area (Å²) >= 11 is 3.49. The van der Waals surface area contributed by atoms with Crippen LogP contribution in [0.1, 0.15) is 51.2 Å². The quantitative estimate of drug-likeness (QED) is 0.682. The van der Waals surface area contributed by atoms with Gasteiger partial charge in [-0.2, -0.15) is 0 Å². The molecular weight excluding hydrogens is 450 g/mol. The molecular formula is C22H28BrN3O4. The molecule has 1 N–H and O–H groups in total. The average molecular weight is 478 g/mol. The summed E-state index contributed by atoms with van der Waals surface area (Å²) in [6.07, 6.45) is 1.74. The largest absolute Gasteiger partial charge is 0.444 e. The van der Waals surface area contributed by atoms with Crippen molar-refractivity contribution in [2.75, 3.05) is 19.8 Å². The molecule has 2 aliphatic heterocycles. The van der Waals surface area contributed by atoms with Gasteiger partial charge in [0.25, 0.3) is 0 Å². The zero-order valence-corrected chi connectivity index (χ0v) is 19.2. The number of nitrogens with zero attached hydrogens (tertiary/aromatic N) is 2. The van der Waals surface area contributed by atoms with Gasteiger partial charge < -0.3 is 19.2 Å². The van der Waals surface area contributed by atoms with Crippen LogP contribution in [0.25, 0.3) is 11.3 Å². The number of imidazole rings is 1. The first kappa shape index (κ1) is 21.3. The highest BCUT2D eigenvalue weighted by molar-refractivity contribution is 9.10. The summed E-state index contributed by atoms with van der Waals surface area (Å²) in [7, 11) is 0. The topological polar surface area (TPSA) is 76.7 Å². The van der Waals surface area contributed by atoms with Crippen molar-refractivity contribution < 1.29 is 19.0 Å². The second kappa shape index (κ2) is 8.69. The molecule has 1 aromatic heterocycles. The predicted octanol–water partition coefficient (Wildman–Crippen LogP) is 4.83. The number of carbonyl (C=O) groups is 1. The number of aromatic amines is 1. The van der Waals surface area contributed by atoms with E-state index in [0.29, 0.717) is 26.2 Å². The fraction of sp³-hybridized carbons (Fsp3) is 0.545. The minimum absolute atomic E-state index is 0.131. The normalized spacial score (nSPS) is 20.1. The molecule has 30 heavy (non-hydrogen) atoms. The molecule has 0 radical (unpaired) electrons. The summed E-state index contributed by atoms with van der Waals surface area (Å²) in [6.45, 7) is 7.52. The summed E-state index contributed by atoms with van der Waals surface area (Å²) < 4.78 is 17.9. The van der Waals surface area contributed by atoms with Gasteiger partial charge in [0.05, 0.1) is 30.6 Å². The Bertz CT molecular complexity index is 885. The van der Waals surface area contributed by atoms with Crippen molar-refractivity contribution in [2.24, 2.45) is 0 Å². The number of nitrogens with one attached hydrogen (secondary N) is 1. The second-order valence-corrected chi connectivity index (χ2v) is 9.57. The number of hydrogen-bond donors (Lipinski definition) is 1. The van der Waals surface area contributed by atoms with E-state index in [2.05, 4.69) is 20.9 Å². The highest BCUT2D eigenvalue weighted by Crippen LogP contribution is 2.35. The molecule has 0 unspecified atom stereocenters. The number of benzene rings is 1. The van der Waals surface area contributed by atoms with Crippen LogP contribution in [0.2, 0.25) is 0 Å². The summed E-state index contributed by atoms with van der Waals surface area (Å²) in [6, 6.07) is 7.96. The number of rotatable bonds is 4. The molecule has 0 aliphatic carbocycles. The molecule has 2 fully saturated rings. The number of hydrogen-bond acceptors (Lipinski definition) is 5. The molecule has 0 bridgehead atoms. The van der Waals surface area contributed by atoms with Crippen molar-refractivity contribution in [3.63, 3.8) is 0 Å². The van der Waals surface area contributed by atoms with Crippen molar-refractivity contribution in [3.8, 4) is 11.3 Å². The first-order valence-corrected chi connectivity index (χ1v) is 11.2. The Hall–Kier alpha value is -1.90. The third-order valence-electron chi connectivity index (χ3n) is 5.18. The van der Waals surface area contributed by atoms with Gasteiger partial charge in [0.2, 0.25) is 0 Å². The third kappa shape index (κ3) is 4.87. The van der Waals surface area contributed by atoms with Gasteiger partial charge in [-0.25, -0.2) is 9.78 Å². The van der Waals surface area contributed by atoms with E-state index in [0.717, 1.165) is 40.1 Å². The average Bonchev–Trinajstić information content (AvgIpc) is 3.42. The van der Waals surface area contributed by atoms with Crippen LogP contribution in [0.15, 0.2) is 28.7 Å². The molecule has 1 aromatic carbocycles. The fourth-order valence-corrected chi connectivity index (χ4v) is 4.13. The first-order chi connectivity index (χ1) is 14.3. The maximum absolute atomic E-state index is 12.7. The Kier molecular flexibility index (Phi) is 6.18. The minimum Gasteiger partial charge on any atom is -0.444 e. The fourth-order valence-electron chi connectivity index (χ4n) is 3.86. The van der Waals surface area contributed by atoms with E-state index in [1.54, 1.807) is 4.90 Å². The molecule has 2 aliphatic rings. The molecule has 7 nitrogen and oxygen atoms in total.